The fourth-order valence-electron chi connectivity index (χ4n) is 2.98. The first-order valence-electron chi connectivity index (χ1n) is 7.58. The molecule has 0 spiro atoms. The molecule has 3 unspecified atom stereocenters. The topological polar surface area (TPSA) is 32.3 Å². The summed E-state index contributed by atoms with van der Waals surface area (Å²) in [4.78, 5) is 0. The van der Waals surface area contributed by atoms with Crippen LogP contribution in [0.1, 0.15) is 65.7 Å². The zero-order valence-corrected chi connectivity index (χ0v) is 11.9. The Bertz CT molecular complexity index is 191. The van der Waals surface area contributed by atoms with Gasteiger partial charge in [-0.1, -0.05) is 46.5 Å². The molecule has 0 aromatic rings. The van der Waals surface area contributed by atoms with E-state index < -0.39 is 0 Å². The summed E-state index contributed by atoms with van der Waals surface area (Å²) in [7, 11) is 0. The molecular formula is C15H31NO. The molecule has 1 fully saturated rings. The highest BCUT2D eigenvalue weighted by Crippen LogP contribution is 2.22. The molecule has 1 aliphatic carbocycles. The van der Waals surface area contributed by atoms with Crippen molar-refractivity contribution < 1.29 is 5.11 Å². The minimum Gasteiger partial charge on any atom is -0.392 e. The van der Waals surface area contributed by atoms with Crippen LogP contribution >= 0.6 is 0 Å². The highest BCUT2D eigenvalue weighted by atomic mass is 16.3. The van der Waals surface area contributed by atoms with Crippen LogP contribution in [0, 0.1) is 11.8 Å². The quantitative estimate of drug-likeness (QED) is 0.699. The molecular weight excluding hydrogens is 210 g/mol. The zero-order chi connectivity index (χ0) is 12.7. The van der Waals surface area contributed by atoms with Crippen molar-refractivity contribution in [2.75, 3.05) is 6.54 Å². The molecule has 0 bridgehead atoms. The van der Waals surface area contributed by atoms with Crippen LogP contribution in [0.2, 0.25) is 0 Å². The van der Waals surface area contributed by atoms with Crippen molar-refractivity contribution in [3.63, 3.8) is 0 Å². The van der Waals surface area contributed by atoms with Gasteiger partial charge in [-0.25, -0.2) is 0 Å². The molecule has 2 N–H and O–H groups in total. The largest absolute Gasteiger partial charge is 0.392 e. The van der Waals surface area contributed by atoms with E-state index >= 15 is 0 Å². The molecule has 1 aliphatic rings. The van der Waals surface area contributed by atoms with E-state index in [9.17, 15) is 5.11 Å². The van der Waals surface area contributed by atoms with Gasteiger partial charge in [0.1, 0.15) is 0 Å². The van der Waals surface area contributed by atoms with Gasteiger partial charge in [0.15, 0.2) is 0 Å². The molecule has 1 saturated carbocycles. The molecule has 0 heterocycles. The van der Waals surface area contributed by atoms with Crippen molar-refractivity contribution >= 4 is 0 Å². The van der Waals surface area contributed by atoms with Crippen LogP contribution in [0.5, 0.6) is 0 Å². The van der Waals surface area contributed by atoms with Gasteiger partial charge >= 0.3 is 0 Å². The minimum absolute atomic E-state index is 0.161. The van der Waals surface area contributed by atoms with Gasteiger partial charge in [0.25, 0.3) is 0 Å². The molecule has 0 radical (unpaired) electrons. The molecule has 2 heteroatoms. The molecule has 0 aromatic carbocycles. The third kappa shape index (κ3) is 5.39. The maximum atomic E-state index is 10.1. The SMILES string of the molecule is CCC(CC)C(O)CNC1CCCC(C)CC1. The Morgan fingerprint density at radius 2 is 1.82 bits per heavy atom. The van der Waals surface area contributed by atoms with Gasteiger partial charge in [0.05, 0.1) is 6.10 Å². The second-order valence-electron chi connectivity index (χ2n) is 5.86. The van der Waals surface area contributed by atoms with Gasteiger partial charge in [-0.3, -0.25) is 0 Å². The average Bonchev–Trinajstić information content (AvgIpc) is 2.53. The normalized spacial score (nSPS) is 28.1. The Morgan fingerprint density at radius 3 is 2.47 bits per heavy atom. The lowest BCUT2D eigenvalue weighted by Crippen LogP contribution is -2.38. The van der Waals surface area contributed by atoms with Gasteiger partial charge in [-0.05, 0) is 31.1 Å². The van der Waals surface area contributed by atoms with E-state index in [1.807, 2.05) is 0 Å². The summed E-state index contributed by atoms with van der Waals surface area (Å²) in [6.45, 7) is 7.49. The average molecular weight is 241 g/mol. The van der Waals surface area contributed by atoms with Crippen LogP contribution in [0.3, 0.4) is 0 Å². The molecule has 17 heavy (non-hydrogen) atoms. The second-order valence-corrected chi connectivity index (χ2v) is 5.86. The van der Waals surface area contributed by atoms with E-state index in [0.717, 1.165) is 25.3 Å². The van der Waals surface area contributed by atoms with Crippen molar-refractivity contribution in [2.45, 2.75) is 77.9 Å². The number of aliphatic hydroxyl groups is 1. The minimum atomic E-state index is -0.161. The fourth-order valence-corrected chi connectivity index (χ4v) is 2.98. The molecule has 2 nitrogen and oxygen atoms in total. The molecule has 3 atom stereocenters. The number of hydrogen-bond acceptors (Lipinski definition) is 2. The zero-order valence-electron chi connectivity index (χ0n) is 11.9. The van der Waals surface area contributed by atoms with Gasteiger partial charge in [-0.15, -0.1) is 0 Å². The molecule has 102 valence electrons. The van der Waals surface area contributed by atoms with Crippen molar-refractivity contribution in [3.05, 3.63) is 0 Å². The monoisotopic (exact) mass is 241 g/mol. The Morgan fingerprint density at radius 1 is 1.12 bits per heavy atom. The van der Waals surface area contributed by atoms with E-state index in [-0.39, 0.29) is 6.10 Å². The Labute approximate surface area is 107 Å². The highest BCUT2D eigenvalue weighted by Gasteiger charge is 2.19. The van der Waals surface area contributed by atoms with E-state index in [1.54, 1.807) is 0 Å². The van der Waals surface area contributed by atoms with Gasteiger partial charge in [0, 0.05) is 12.6 Å². The van der Waals surface area contributed by atoms with Crippen LogP contribution < -0.4 is 5.32 Å². The van der Waals surface area contributed by atoms with Crippen LogP contribution in [0.15, 0.2) is 0 Å². The molecule has 0 amide bonds. The van der Waals surface area contributed by atoms with E-state index in [1.165, 1.54) is 32.1 Å². The highest BCUT2D eigenvalue weighted by molar-refractivity contribution is 4.76. The van der Waals surface area contributed by atoms with E-state index in [2.05, 4.69) is 26.1 Å². The smallest absolute Gasteiger partial charge is 0.0692 e. The number of nitrogens with one attached hydrogen (secondary N) is 1. The lowest BCUT2D eigenvalue weighted by atomic mass is 9.96. The maximum absolute atomic E-state index is 10.1. The summed E-state index contributed by atoms with van der Waals surface area (Å²) in [6, 6.07) is 0.643. The van der Waals surface area contributed by atoms with Crippen molar-refractivity contribution in [2.24, 2.45) is 11.8 Å². The summed E-state index contributed by atoms with van der Waals surface area (Å²) >= 11 is 0. The predicted molar refractivity (Wildman–Crippen MR) is 74.1 cm³/mol. The molecule has 0 aliphatic heterocycles. The Hall–Kier alpha value is -0.0800. The summed E-state index contributed by atoms with van der Waals surface area (Å²) in [5.41, 5.74) is 0. The summed E-state index contributed by atoms with van der Waals surface area (Å²) in [6.07, 6.45) is 8.66. The Kier molecular flexibility index (Phi) is 7.14. The summed E-state index contributed by atoms with van der Waals surface area (Å²) < 4.78 is 0. The Balaban J connectivity index is 2.24. The van der Waals surface area contributed by atoms with Crippen molar-refractivity contribution in [1.82, 2.24) is 5.32 Å². The lowest BCUT2D eigenvalue weighted by Gasteiger charge is -2.24. The van der Waals surface area contributed by atoms with Gasteiger partial charge in [0.2, 0.25) is 0 Å². The standard InChI is InChI=1S/C15H31NO/c1-4-13(5-2)15(17)11-16-14-8-6-7-12(3)9-10-14/h12-17H,4-11H2,1-3H3. The third-order valence-corrected chi connectivity index (χ3v) is 4.47. The number of rotatable bonds is 6. The molecule has 1 rings (SSSR count). The van der Waals surface area contributed by atoms with Gasteiger partial charge in [-0.2, -0.15) is 0 Å². The third-order valence-electron chi connectivity index (χ3n) is 4.47. The first-order chi connectivity index (χ1) is 8.17. The first kappa shape index (κ1) is 15.0. The van der Waals surface area contributed by atoms with Crippen molar-refractivity contribution in [1.29, 1.82) is 0 Å². The summed E-state index contributed by atoms with van der Waals surface area (Å²) in [5, 5.41) is 13.7. The maximum Gasteiger partial charge on any atom is 0.0692 e. The van der Waals surface area contributed by atoms with Crippen molar-refractivity contribution in [3.8, 4) is 0 Å². The van der Waals surface area contributed by atoms with Gasteiger partial charge < -0.3 is 10.4 Å². The predicted octanol–water partition coefficient (Wildman–Crippen LogP) is 3.34. The van der Waals surface area contributed by atoms with E-state index in [4.69, 9.17) is 0 Å². The molecule has 0 aromatic heterocycles. The molecule has 0 saturated heterocycles. The summed E-state index contributed by atoms with van der Waals surface area (Å²) in [5.74, 6) is 1.36. The second kappa shape index (κ2) is 8.10. The first-order valence-corrected chi connectivity index (χ1v) is 7.58. The van der Waals surface area contributed by atoms with Crippen LogP contribution in [0.25, 0.3) is 0 Å². The fraction of sp³-hybridized carbons (Fsp3) is 1.00. The van der Waals surface area contributed by atoms with Crippen LogP contribution in [0.4, 0.5) is 0 Å². The van der Waals surface area contributed by atoms with Crippen LogP contribution in [-0.2, 0) is 0 Å². The van der Waals surface area contributed by atoms with Crippen LogP contribution in [-0.4, -0.2) is 23.8 Å². The lowest BCUT2D eigenvalue weighted by molar-refractivity contribution is 0.0975. The number of aliphatic hydroxyl groups excluding tert-OH is 1. The van der Waals surface area contributed by atoms with E-state index in [0.29, 0.717) is 12.0 Å². The number of hydrogen-bond donors (Lipinski definition) is 2.